The Morgan fingerprint density at radius 3 is 2.68 bits per heavy atom. The SMILES string of the molecule is COCC(C)NC(=O)c1oc2c(c1C)/C(=N\Nc1ccccc1)CC(C)(C)C2. The molecule has 0 spiro atoms. The van der Waals surface area contributed by atoms with Gasteiger partial charge in [-0.3, -0.25) is 10.2 Å². The Hall–Kier alpha value is -2.60. The van der Waals surface area contributed by atoms with Gasteiger partial charge in [0.2, 0.25) is 0 Å². The molecule has 0 saturated carbocycles. The van der Waals surface area contributed by atoms with E-state index in [0.717, 1.165) is 41.1 Å². The van der Waals surface area contributed by atoms with Crippen molar-refractivity contribution in [2.45, 2.75) is 46.6 Å². The van der Waals surface area contributed by atoms with Gasteiger partial charge < -0.3 is 14.5 Å². The quantitative estimate of drug-likeness (QED) is 0.735. The minimum absolute atomic E-state index is 0.00554. The summed E-state index contributed by atoms with van der Waals surface area (Å²) in [6.45, 7) is 8.65. The van der Waals surface area contributed by atoms with Crippen LogP contribution in [0, 0.1) is 12.3 Å². The normalized spacial score (nSPS) is 17.8. The molecule has 1 unspecified atom stereocenters. The number of hydrogen-bond acceptors (Lipinski definition) is 5. The Kier molecular flexibility index (Phi) is 5.89. The smallest absolute Gasteiger partial charge is 0.287 e. The van der Waals surface area contributed by atoms with Crippen molar-refractivity contribution in [1.82, 2.24) is 5.32 Å². The lowest BCUT2D eigenvalue weighted by atomic mass is 9.75. The summed E-state index contributed by atoms with van der Waals surface area (Å²) in [5.41, 5.74) is 6.77. The minimum Gasteiger partial charge on any atom is -0.455 e. The number of hydrazone groups is 1. The van der Waals surface area contributed by atoms with Crippen LogP contribution < -0.4 is 10.7 Å². The molecule has 1 aromatic heterocycles. The van der Waals surface area contributed by atoms with Crippen molar-refractivity contribution in [3.05, 3.63) is 53.0 Å². The number of anilines is 1. The third-order valence-corrected chi connectivity index (χ3v) is 4.89. The summed E-state index contributed by atoms with van der Waals surface area (Å²) in [4.78, 5) is 12.7. The van der Waals surface area contributed by atoms with Crippen LogP contribution in [0.15, 0.2) is 39.9 Å². The van der Waals surface area contributed by atoms with E-state index in [-0.39, 0.29) is 17.4 Å². The largest absolute Gasteiger partial charge is 0.455 e. The fourth-order valence-corrected chi connectivity index (χ4v) is 3.65. The molecule has 1 aliphatic carbocycles. The van der Waals surface area contributed by atoms with Crippen LogP contribution >= 0.6 is 0 Å². The van der Waals surface area contributed by atoms with E-state index < -0.39 is 0 Å². The molecule has 1 aliphatic rings. The average molecular weight is 383 g/mol. The van der Waals surface area contributed by atoms with Gasteiger partial charge in [-0.05, 0) is 37.8 Å². The molecule has 6 heteroatoms. The van der Waals surface area contributed by atoms with Crippen LogP contribution in [0.4, 0.5) is 5.69 Å². The molecule has 2 aromatic rings. The Morgan fingerprint density at radius 2 is 2.00 bits per heavy atom. The molecule has 6 nitrogen and oxygen atoms in total. The standard InChI is InChI=1S/C22H29N3O3/c1-14(13-27-5)23-21(26)20-15(2)19-17(11-22(3,4)12-18(19)28-20)25-24-16-9-7-6-8-10-16/h6-10,14,24H,11-13H2,1-5H3,(H,23,26)/b25-17-. The zero-order valence-electron chi connectivity index (χ0n) is 17.3. The number of hydrogen-bond donors (Lipinski definition) is 2. The molecule has 1 aromatic carbocycles. The number of amides is 1. The highest BCUT2D eigenvalue weighted by molar-refractivity contribution is 6.07. The summed E-state index contributed by atoms with van der Waals surface area (Å²) < 4.78 is 11.1. The summed E-state index contributed by atoms with van der Waals surface area (Å²) in [5, 5.41) is 7.60. The van der Waals surface area contributed by atoms with E-state index in [0.29, 0.717) is 12.4 Å². The van der Waals surface area contributed by atoms with Gasteiger partial charge in [0.15, 0.2) is 5.76 Å². The number of methoxy groups -OCH3 is 1. The third-order valence-electron chi connectivity index (χ3n) is 4.89. The number of furan rings is 1. The highest BCUT2D eigenvalue weighted by Crippen LogP contribution is 2.39. The highest BCUT2D eigenvalue weighted by atomic mass is 16.5. The molecule has 150 valence electrons. The van der Waals surface area contributed by atoms with Gasteiger partial charge in [-0.1, -0.05) is 32.0 Å². The van der Waals surface area contributed by atoms with Crippen LogP contribution in [0.25, 0.3) is 0 Å². The van der Waals surface area contributed by atoms with Gasteiger partial charge in [0.25, 0.3) is 5.91 Å². The Morgan fingerprint density at radius 1 is 1.29 bits per heavy atom. The van der Waals surface area contributed by atoms with Crippen molar-refractivity contribution >= 4 is 17.3 Å². The third kappa shape index (κ3) is 4.44. The average Bonchev–Trinajstić information content (AvgIpc) is 2.96. The van der Waals surface area contributed by atoms with Crippen LogP contribution in [-0.2, 0) is 11.2 Å². The van der Waals surface area contributed by atoms with Gasteiger partial charge in [0, 0.05) is 30.7 Å². The molecule has 1 amide bonds. The van der Waals surface area contributed by atoms with Gasteiger partial charge >= 0.3 is 0 Å². The van der Waals surface area contributed by atoms with E-state index in [1.54, 1.807) is 7.11 Å². The van der Waals surface area contributed by atoms with E-state index in [1.807, 2.05) is 44.2 Å². The molecular weight excluding hydrogens is 354 g/mol. The van der Waals surface area contributed by atoms with Crippen molar-refractivity contribution in [2.75, 3.05) is 19.1 Å². The zero-order chi connectivity index (χ0) is 20.3. The van der Waals surface area contributed by atoms with Gasteiger partial charge in [-0.2, -0.15) is 5.10 Å². The van der Waals surface area contributed by atoms with Gasteiger partial charge in [-0.15, -0.1) is 0 Å². The summed E-state index contributed by atoms with van der Waals surface area (Å²) in [5.74, 6) is 0.967. The monoisotopic (exact) mass is 383 g/mol. The van der Waals surface area contributed by atoms with Crippen molar-refractivity contribution in [1.29, 1.82) is 0 Å². The molecule has 0 fully saturated rings. The number of nitrogens with zero attached hydrogens (tertiary/aromatic N) is 1. The molecule has 0 radical (unpaired) electrons. The Balaban J connectivity index is 1.92. The van der Waals surface area contributed by atoms with Crippen LogP contribution in [0.1, 0.15) is 54.6 Å². The summed E-state index contributed by atoms with van der Waals surface area (Å²) >= 11 is 0. The second-order valence-electron chi connectivity index (χ2n) is 8.24. The van der Waals surface area contributed by atoms with Crippen LogP contribution in [0.3, 0.4) is 0 Å². The maximum absolute atomic E-state index is 12.7. The van der Waals surface area contributed by atoms with E-state index >= 15 is 0 Å². The second kappa shape index (κ2) is 8.19. The number of ether oxygens (including phenoxy) is 1. The predicted octanol–water partition coefficient (Wildman–Crippen LogP) is 4.14. The number of rotatable bonds is 6. The first-order valence-corrected chi connectivity index (χ1v) is 9.61. The maximum atomic E-state index is 12.7. The summed E-state index contributed by atoms with van der Waals surface area (Å²) in [6, 6.07) is 9.74. The summed E-state index contributed by atoms with van der Waals surface area (Å²) in [6.07, 6.45) is 1.58. The van der Waals surface area contributed by atoms with Crippen molar-refractivity contribution in [3.63, 3.8) is 0 Å². The molecule has 0 saturated heterocycles. The Bertz CT molecular complexity index is 869. The van der Waals surface area contributed by atoms with E-state index in [9.17, 15) is 4.79 Å². The Labute approximate surface area is 166 Å². The van der Waals surface area contributed by atoms with Gasteiger partial charge in [0.1, 0.15) is 5.76 Å². The number of carbonyl (C=O) groups is 1. The van der Waals surface area contributed by atoms with Crippen LogP contribution in [0.2, 0.25) is 0 Å². The molecule has 28 heavy (non-hydrogen) atoms. The lowest BCUT2D eigenvalue weighted by Gasteiger charge is -2.29. The lowest BCUT2D eigenvalue weighted by molar-refractivity contribution is 0.0874. The van der Waals surface area contributed by atoms with Crippen LogP contribution in [0.5, 0.6) is 0 Å². The van der Waals surface area contributed by atoms with Crippen molar-refractivity contribution in [3.8, 4) is 0 Å². The number of fused-ring (bicyclic) bond motifs is 1. The fraction of sp³-hybridized carbons (Fsp3) is 0.455. The molecule has 1 atom stereocenters. The molecule has 1 heterocycles. The molecular formula is C22H29N3O3. The zero-order valence-corrected chi connectivity index (χ0v) is 17.3. The second-order valence-corrected chi connectivity index (χ2v) is 8.24. The number of nitrogens with one attached hydrogen (secondary N) is 2. The van der Waals surface area contributed by atoms with E-state index in [1.165, 1.54) is 0 Å². The lowest BCUT2D eigenvalue weighted by Crippen LogP contribution is -2.35. The van der Waals surface area contributed by atoms with E-state index in [4.69, 9.17) is 9.15 Å². The molecule has 0 bridgehead atoms. The molecule has 0 aliphatic heterocycles. The number of benzene rings is 1. The van der Waals surface area contributed by atoms with Gasteiger partial charge in [-0.25, -0.2) is 0 Å². The van der Waals surface area contributed by atoms with Crippen molar-refractivity contribution in [2.24, 2.45) is 10.5 Å². The fourth-order valence-electron chi connectivity index (χ4n) is 3.65. The first-order chi connectivity index (χ1) is 13.3. The van der Waals surface area contributed by atoms with Gasteiger partial charge in [0.05, 0.1) is 18.0 Å². The number of carbonyl (C=O) groups excluding carboxylic acids is 1. The van der Waals surface area contributed by atoms with E-state index in [2.05, 4.69) is 29.7 Å². The summed E-state index contributed by atoms with van der Waals surface area (Å²) in [7, 11) is 1.62. The molecule has 3 rings (SSSR count). The first kappa shape index (κ1) is 20.1. The molecule has 2 N–H and O–H groups in total. The van der Waals surface area contributed by atoms with Crippen molar-refractivity contribution < 1.29 is 13.9 Å². The predicted molar refractivity (Wildman–Crippen MR) is 111 cm³/mol. The topological polar surface area (TPSA) is 75.9 Å². The highest BCUT2D eigenvalue weighted by Gasteiger charge is 2.36. The minimum atomic E-state index is -0.218. The number of para-hydroxylation sites is 1. The maximum Gasteiger partial charge on any atom is 0.287 e. The van der Waals surface area contributed by atoms with Crippen LogP contribution in [-0.4, -0.2) is 31.4 Å². The first-order valence-electron chi connectivity index (χ1n) is 9.61.